The van der Waals surface area contributed by atoms with E-state index in [9.17, 15) is 9.90 Å². The third-order valence-electron chi connectivity index (χ3n) is 3.12. The molecule has 1 N–H and O–H groups in total. The Morgan fingerprint density at radius 2 is 1.81 bits per heavy atom. The van der Waals surface area contributed by atoms with Crippen molar-refractivity contribution in [2.75, 3.05) is 0 Å². The zero-order chi connectivity index (χ0) is 15.6. The number of carboxylic acid groups (broad SMARTS) is 1. The van der Waals surface area contributed by atoms with Crippen LogP contribution in [0.25, 0.3) is 0 Å². The summed E-state index contributed by atoms with van der Waals surface area (Å²) < 4.78 is 0. The summed E-state index contributed by atoms with van der Waals surface area (Å²) in [5, 5.41) is 9.18. The molecule has 0 fully saturated rings. The largest absolute Gasteiger partial charge is 0.478 e. The van der Waals surface area contributed by atoms with Crippen molar-refractivity contribution in [1.29, 1.82) is 0 Å². The Bertz CT molecular complexity index is 673. The van der Waals surface area contributed by atoms with E-state index in [1.807, 2.05) is 18.2 Å². The van der Waals surface area contributed by atoms with Gasteiger partial charge in [0.1, 0.15) is 0 Å². The molecule has 0 saturated heterocycles. The monoisotopic (exact) mass is 318 g/mol. The first-order valence-corrected chi connectivity index (χ1v) is 7.89. The minimum absolute atomic E-state index is 0.0444. The predicted octanol–water partition coefficient (Wildman–Crippen LogP) is 5.12. The molecule has 21 heavy (non-hydrogen) atoms. The average molecular weight is 318 g/mol. The SMILES string of the molecule is CC(C)(C)c1ccccc1Sc1ccc(S)c(C(=O)O)c1. The van der Waals surface area contributed by atoms with Gasteiger partial charge in [-0.15, -0.1) is 12.6 Å². The fourth-order valence-corrected chi connectivity index (χ4v) is 3.48. The third kappa shape index (κ3) is 3.83. The summed E-state index contributed by atoms with van der Waals surface area (Å²) in [6.07, 6.45) is 0. The van der Waals surface area contributed by atoms with E-state index in [1.54, 1.807) is 23.9 Å². The Balaban J connectivity index is 2.40. The molecule has 0 saturated carbocycles. The first-order chi connectivity index (χ1) is 9.79. The Morgan fingerprint density at radius 1 is 1.14 bits per heavy atom. The van der Waals surface area contributed by atoms with E-state index in [4.69, 9.17) is 0 Å². The minimum atomic E-state index is -0.952. The number of thiol groups is 1. The van der Waals surface area contributed by atoms with Gasteiger partial charge in [0, 0.05) is 14.7 Å². The lowest BCUT2D eigenvalue weighted by molar-refractivity contribution is 0.0693. The van der Waals surface area contributed by atoms with Gasteiger partial charge >= 0.3 is 5.97 Å². The van der Waals surface area contributed by atoms with E-state index >= 15 is 0 Å². The van der Waals surface area contributed by atoms with Crippen molar-refractivity contribution in [3.63, 3.8) is 0 Å². The third-order valence-corrected chi connectivity index (χ3v) is 4.58. The Kier molecular flexibility index (Phi) is 4.69. The number of carbonyl (C=O) groups is 1. The van der Waals surface area contributed by atoms with Crippen molar-refractivity contribution in [2.45, 2.75) is 40.9 Å². The summed E-state index contributed by atoms with van der Waals surface area (Å²) in [5.74, 6) is -0.952. The highest BCUT2D eigenvalue weighted by Gasteiger charge is 2.18. The molecule has 2 aromatic rings. The van der Waals surface area contributed by atoms with Crippen molar-refractivity contribution in [3.05, 3.63) is 53.6 Å². The van der Waals surface area contributed by atoms with Gasteiger partial charge in [-0.25, -0.2) is 4.79 Å². The van der Waals surface area contributed by atoms with Crippen LogP contribution in [0.1, 0.15) is 36.7 Å². The molecule has 110 valence electrons. The molecule has 0 radical (unpaired) electrons. The van der Waals surface area contributed by atoms with Crippen LogP contribution in [0.4, 0.5) is 0 Å². The molecular weight excluding hydrogens is 300 g/mol. The van der Waals surface area contributed by atoms with Crippen LogP contribution in [0.5, 0.6) is 0 Å². The first-order valence-electron chi connectivity index (χ1n) is 6.62. The van der Waals surface area contributed by atoms with Crippen molar-refractivity contribution in [3.8, 4) is 0 Å². The predicted molar refractivity (Wildman–Crippen MR) is 89.9 cm³/mol. The van der Waals surface area contributed by atoms with E-state index in [0.717, 1.165) is 9.79 Å². The zero-order valence-corrected chi connectivity index (χ0v) is 14.0. The maximum absolute atomic E-state index is 11.2. The van der Waals surface area contributed by atoms with Gasteiger partial charge in [-0.3, -0.25) is 0 Å². The number of carboxylic acids is 1. The summed E-state index contributed by atoms with van der Waals surface area (Å²) >= 11 is 5.77. The number of benzene rings is 2. The summed E-state index contributed by atoms with van der Waals surface area (Å²) in [6.45, 7) is 6.52. The smallest absolute Gasteiger partial charge is 0.336 e. The molecule has 4 heteroatoms. The highest BCUT2D eigenvalue weighted by Crippen LogP contribution is 2.37. The van der Waals surface area contributed by atoms with Crippen molar-refractivity contribution in [1.82, 2.24) is 0 Å². The summed E-state index contributed by atoms with van der Waals surface area (Å²) in [6, 6.07) is 13.5. The molecule has 0 aliphatic heterocycles. The van der Waals surface area contributed by atoms with Crippen LogP contribution in [-0.2, 0) is 5.41 Å². The maximum Gasteiger partial charge on any atom is 0.336 e. The number of hydrogen-bond acceptors (Lipinski definition) is 3. The molecule has 0 unspecified atom stereocenters. The van der Waals surface area contributed by atoms with E-state index in [1.165, 1.54) is 5.56 Å². The second-order valence-electron chi connectivity index (χ2n) is 5.83. The van der Waals surface area contributed by atoms with Crippen LogP contribution in [0.3, 0.4) is 0 Å². The lowest BCUT2D eigenvalue weighted by Crippen LogP contribution is -2.12. The van der Waals surface area contributed by atoms with E-state index < -0.39 is 5.97 Å². The van der Waals surface area contributed by atoms with Crippen molar-refractivity contribution < 1.29 is 9.90 Å². The standard InChI is InChI=1S/C17H18O2S2/c1-17(2,3)13-6-4-5-7-15(13)21-11-8-9-14(20)12(10-11)16(18)19/h4-10,20H,1-3H3,(H,18,19). The Hall–Kier alpha value is -1.39. The topological polar surface area (TPSA) is 37.3 Å². The molecule has 2 nitrogen and oxygen atoms in total. The van der Waals surface area contributed by atoms with Crippen LogP contribution >= 0.6 is 24.4 Å². The fourth-order valence-electron chi connectivity index (χ4n) is 2.05. The fraction of sp³-hybridized carbons (Fsp3) is 0.235. The lowest BCUT2D eigenvalue weighted by atomic mass is 9.87. The highest BCUT2D eigenvalue weighted by atomic mass is 32.2. The minimum Gasteiger partial charge on any atom is -0.478 e. The molecule has 0 atom stereocenters. The van der Waals surface area contributed by atoms with Crippen molar-refractivity contribution in [2.24, 2.45) is 0 Å². The van der Waals surface area contributed by atoms with Crippen molar-refractivity contribution >= 4 is 30.4 Å². The van der Waals surface area contributed by atoms with Crippen LogP contribution < -0.4 is 0 Å². The van der Waals surface area contributed by atoms with Crippen LogP contribution in [0, 0.1) is 0 Å². The van der Waals surface area contributed by atoms with Gasteiger partial charge in [0.05, 0.1) is 5.56 Å². The summed E-state index contributed by atoms with van der Waals surface area (Å²) in [7, 11) is 0. The van der Waals surface area contributed by atoms with E-state index in [-0.39, 0.29) is 11.0 Å². The molecule has 2 aromatic carbocycles. The molecule has 0 aliphatic rings. The molecular formula is C17H18O2S2. The lowest BCUT2D eigenvalue weighted by Gasteiger charge is -2.22. The number of rotatable bonds is 3. The summed E-state index contributed by atoms with van der Waals surface area (Å²) in [5.41, 5.74) is 1.53. The Morgan fingerprint density at radius 3 is 2.43 bits per heavy atom. The summed E-state index contributed by atoms with van der Waals surface area (Å²) in [4.78, 5) is 13.7. The molecule has 0 spiro atoms. The number of hydrogen-bond donors (Lipinski definition) is 2. The van der Waals surface area contributed by atoms with Gasteiger partial charge < -0.3 is 5.11 Å². The van der Waals surface area contributed by atoms with Crippen LogP contribution in [0.15, 0.2) is 57.2 Å². The van der Waals surface area contributed by atoms with Crippen LogP contribution in [-0.4, -0.2) is 11.1 Å². The second kappa shape index (κ2) is 6.16. The highest BCUT2D eigenvalue weighted by molar-refractivity contribution is 7.99. The number of aromatic carboxylic acids is 1. The molecule has 0 aromatic heterocycles. The molecule has 0 amide bonds. The molecule has 0 heterocycles. The van der Waals surface area contributed by atoms with Gasteiger partial charge in [-0.2, -0.15) is 0 Å². The van der Waals surface area contributed by atoms with Gasteiger partial charge in [-0.05, 0) is 35.2 Å². The molecule has 2 rings (SSSR count). The van der Waals surface area contributed by atoms with E-state index in [0.29, 0.717) is 4.90 Å². The second-order valence-corrected chi connectivity index (χ2v) is 7.43. The van der Waals surface area contributed by atoms with Gasteiger partial charge in [0.2, 0.25) is 0 Å². The molecule has 0 bridgehead atoms. The maximum atomic E-state index is 11.2. The van der Waals surface area contributed by atoms with Gasteiger partial charge in [0.25, 0.3) is 0 Å². The van der Waals surface area contributed by atoms with Crippen LogP contribution in [0.2, 0.25) is 0 Å². The first kappa shape index (κ1) is 16.0. The van der Waals surface area contributed by atoms with E-state index in [2.05, 4.69) is 45.5 Å². The zero-order valence-electron chi connectivity index (χ0n) is 12.3. The van der Waals surface area contributed by atoms with Gasteiger partial charge in [0.15, 0.2) is 0 Å². The quantitative estimate of drug-likeness (QED) is 0.771. The van der Waals surface area contributed by atoms with Gasteiger partial charge in [-0.1, -0.05) is 50.7 Å². The molecule has 0 aliphatic carbocycles. The average Bonchev–Trinajstić information content (AvgIpc) is 2.40. The normalized spacial score (nSPS) is 11.4. The Labute approximate surface area is 135 Å².